The maximum Gasteiger partial charge on any atom is 0.198 e. The van der Waals surface area contributed by atoms with E-state index in [9.17, 15) is 24.9 Å². The van der Waals surface area contributed by atoms with E-state index in [1.807, 2.05) is 0 Å². The fraction of sp³-hybridized carbons (Fsp3) is 0.222. The number of ether oxygens (including phenoxy) is 2. The smallest absolute Gasteiger partial charge is 0.198 e. The number of fused-ring (bicyclic) bond motifs is 2. The molecule has 0 unspecified atom stereocenters. The molecule has 0 aliphatic heterocycles. The van der Waals surface area contributed by atoms with Crippen molar-refractivity contribution >= 4 is 11.6 Å². The molecule has 25 heavy (non-hydrogen) atoms. The van der Waals surface area contributed by atoms with Gasteiger partial charge in [-0.3, -0.25) is 9.59 Å². The van der Waals surface area contributed by atoms with Gasteiger partial charge in [0.2, 0.25) is 0 Å². The lowest BCUT2D eigenvalue weighted by atomic mass is 9.81. The molecule has 2 aromatic carbocycles. The molecular formula is C18H16O7. The normalized spacial score (nSPS) is 12.7. The van der Waals surface area contributed by atoms with E-state index in [0.29, 0.717) is 6.61 Å². The Bertz CT molecular complexity index is 899. The zero-order chi connectivity index (χ0) is 18.3. The molecular weight excluding hydrogens is 328 g/mol. The van der Waals surface area contributed by atoms with E-state index in [0.717, 1.165) is 6.07 Å². The van der Waals surface area contributed by atoms with Crippen LogP contribution in [0.1, 0.15) is 44.3 Å². The number of benzene rings is 2. The first-order valence-electron chi connectivity index (χ1n) is 7.57. The molecule has 0 radical (unpaired) electrons. The first-order chi connectivity index (χ1) is 11.9. The Morgan fingerprint density at radius 1 is 0.960 bits per heavy atom. The Hall–Kier alpha value is -3.06. The van der Waals surface area contributed by atoms with Crippen molar-refractivity contribution in [1.29, 1.82) is 0 Å². The van der Waals surface area contributed by atoms with Crippen LogP contribution in [-0.2, 0) is 11.3 Å². The Labute approximate surface area is 143 Å². The number of phenolic OH excluding ortho intramolecular Hbond substituents is 3. The molecule has 0 amide bonds. The van der Waals surface area contributed by atoms with Gasteiger partial charge in [-0.1, -0.05) is 0 Å². The van der Waals surface area contributed by atoms with E-state index >= 15 is 0 Å². The van der Waals surface area contributed by atoms with E-state index < -0.39 is 23.1 Å². The number of carbonyl (C=O) groups is 2. The molecule has 1 aliphatic carbocycles. The SMILES string of the molecule is CCOCc1c(O)cc2c(c1O)C(=O)c1ccc(OC)c(O)c1C2=O. The van der Waals surface area contributed by atoms with E-state index in [-0.39, 0.29) is 45.9 Å². The first kappa shape index (κ1) is 16.8. The van der Waals surface area contributed by atoms with Crippen LogP contribution in [0.5, 0.6) is 23.0 Å². The van der Waals surface area contributed by atoms with Crippen LogP contribution in [0.25, 0.3) is 0 Å². The highest BCUT2D eigenvalue weighted by molar-refractivity contribution is 6.30. The predicted octanol–water partition coefficient (Wildman–Crippen LogP) is 2.12. The second-order valence-electron chi connectivity index (χ2n) is 5.48. The summed E-state index contributed by atoms with van der Waals surface area (Å²) in [5.41, 5.74) is -0.624. The van der Waals surface area contributed by atoms with Crippen LogP contribution in [0.2, 0.25) is 0 Å². The lowest BCUT2D eigenvalue weighted by molar-refractivity contribution is 0.0971. The minimum atomic E-state index is -0.686. The Morgan fingerprint density at radius 2 is 1.60 bits per heavy atom. The third kappa shape index (κ3) is 2.40. The van der Waals surface area contributed by atoms with E-state index in [1.54, 1.807) is 6.92 Å². The second-order valence-corrected chi connectivity index (χ2v) is 5.48. The third-order valence-electron chi connectivity index (χ3n) is 4.14. The van der Waals surface area contributed by atoms with Crippen LogP contribution in [0, 0.1) is 0 Å². The molecule has 7 heteroatoms. The number of aromatic hydroxyl groups is 3. The van der Waals surface area contributed by atoms with Gasteiger partial charge in [-0.25, -0.2) is 0 Å². The van der Waals surface area contributed by atoms with Gasteiger partial charge in [0.1, 0.15) is 11.5 Å². The summed E-state index contributed by atoms with van der Waals surface area (Å²) in [4.78, 5) is 25.5. The first-order valence-corrected chi connectivity index (χ1v) is 7.57. The molecule has 3 rings (SSSR count). The van der Waals surface area contributed by atoms with Gasteiger partial charge in [-0.2, -0.15) is 0 Å². The van der Waals surface area contributed by atoms with Crippen LogP contribution in [0.3, 0.4) is 0 Å². The van der Waals surface area contributed by atoms with Gasteiger partial charge in [0.25, 0.3) is 0 Å². The van der Waals surface area contributed by atoms with Crippen LogP contribution >= 0.6 is 0 Å². The summed E-state index contributed by atoms with van der Waals surface area (Å²) in [5, 5.41) is 30.7. The van der Waals surface area contributed by atoms with Gasteiger partial charge in [-0.05, 0) is 25.1 Å². The highest BCUT2D eigenvalue weighted by Crippen LogP contribution is 2.43. The minimum absolute atomic E-state index is 0.0305. The number of methoxy groups -OCH3 is 1. The molecule has 0 aromatic heterocycles. The Morgan fingerprint density at radius 3 is 2.24 bits per heavy atom. The molecule has 0 fully saturated rings. The summed E-state index contributed by atoms with van der Waals surface area (Å²) in [6.45, 7) is 1.98. The number of carbonyl (C=O) groups excluding carboxylic acids is 2. The van der Waals surface area contributed by atoms with Gasteiger partial charge >= 0.3 is 0 Å². The quantitative estimate of drug-likeness (QED) is 0.664. The van der Waals surface area contributed by atoms with Crippen molar-refractivity contribution in [2.75, 3.05) is 13.7 Å². The van der Waals surface area contributed by atoms with Crippen molar-refractivity contribution in [3.05, 3.63) is 46.0 Å². The van der Waals surface area contributed by atoms with Gasteiger partial charge in [0.15, 0.2) is 23.1 Å². The largest absolute Gasteiger partial charge is 0.507 e. The fourth-order valence-electron chi connectivity index (χ4n) is 2.88. The van der Waals surface area contributed by atoms with Crippen LogP contribution in [0.4, 0.5) is 0 Å². The van der Waals surface area contributed by atoms with Crippen molar-refractivity contribution in [2.24, 2.45) is 0 Å². The molecule has 0 bridgehead atoms. The summed E-state index contributed by atoms with van der Waals surface area (Å²) in [5.74, 6) is -2.59. The molecule has 7 nitrogen and oxygen atoms in total. The number of hydrogen-bond donors (Lipinski definition) is 3. The summed E-state index contributed by atoms with van der Waals surface area (Å²) in [7, 11) is 1.32. The van der Waals surface area contributed by atoms with Crippen molar-refractivity contribution in [3.8, 4) is 23.0 Å². The molecule has 0 saturated carbocycles. The number of hydrogen-bond acceptors (Lipinski definition) is 7. The molecule has 2 aromatic rings. The van der Waals surface area contributed by atoms with Gasteiger partial charge in [0.05, 0.1) is 30.4 Å². The highest BCUT2D eigenvalue weighted by Gasteiger charge is 2.37. The van der Waals surface area contributed by atoms with Crippen molar-refractivity contribution in [2.45, 2.75) is 13.5 Å². The fourth-order valence-corrected chi connectivity index (χ4v) is 2.88. The molecule has 0 heterocycles. The van der Waals surface area contributed by atoms with Gasteiger partial charge < -0.3 is 24.8 Å². The van der Waals surface area contributed by atoms with Crippen LogP contribution < -0.4 is 4.74 Å². The standard InChI is InChI=1S/C18H16O7/c1-3-25-7-10-11(19)6-9-14(17(10)22)15(20)8-4-5-12(24-2)18(23)13(8)16(9)21/h4-6,19,22-23H,3,7H2,1-2H3. The third-order valence-corrected chi connectivity index (χ3v) is 4.14. The maximum absolute atomic E-state index is 12.8. The summed E-state index contributed by atoms with van der Waals surface area (Å²) < 4.78 is 10.1. The summed E-state index contributed by atoms with van der Waals surface area (Å²) in [6.07, 6.45) is 0. The topological polar surface area (TPSA) is 113 Å². The highest BCUT2D eigenvalue weighted by atomic mass is 16.5. The Balaban J connectivity index is 2.25. The predicted molar refractivity (Wildman–Crippen MR) is 86.6 cm³/mol. The number of rotatable bonds is 4. The number of phenols is 3. The molecule has 3 N–H and O–H groups in total. The zero-order valence-electron chi connectivity index (χ0n) is 13.6. The molecule has 1 aliphatic rings. The summed E-state index contributed by atoms with van der Waals surface area (Å²) >= 11 is 0. The molecule has 0 saturated heterocycles. The van der Waals surface area contributed by atoms with Gasteiger partial charge in [-0.15, -0.1) is 0 Å². The van der Waals surface area contributed by atoms with Crippen molar-refractivity contribution < 1.29 is 34.4 Å². The van der Waals surface area contributed by atoms with Crippen molar-refractivity contribution in [3.63, 3.8) is 0 Å². The second kappa shape index (κ2) is 6.10. The van der Waals surface area contributed by atoms with Crippen molar-refractivity contribution in [1.82, 2.24) is 0 Å². The zero-order valence-corrected chi connectivity index (χ0v) is 13.6. The van der Waals surface area contributed by atoms with Crippen LogP contribution in [-0.4, -0.2) is 40.6 Å². The van der Waals surface area contributed by atoms with E-state index in [2.05, 4.69) is 0 Å². The number of ketones is 2. The maximum atomic E-state index is 12.8. The lowest BCUT2D eigenvalue weighted by Gasteiger charge is -2.22. The monoisotopic (exact) mass is 344 g/mol. The average Bonchev–Trinajstić information content (AvgIpc) is 2.59. The van der Waals surface area contributed by atoms with E-state index in [1.165, 1.54) is 19.2 Å². The van der Waals surface area contributed by atoms with Gasteiger partial charge in [0, 0.05) is 17.7 Å². The minimum Gasteiger partial charge on any atom is -0.507 e. The average molecular weight is 344 g/mol. The lowest BCUT2D eigenvalue weighted by Crippen LogP contribution is -2.22. The van der Waals surface area contributed by atoms with Crippen LogP contribution in [0.15, 0.2) is 18.2 Å². The molecule has 0 atom stereocenters. The Kier molecular flexibility index (Phi) is 4.10. The molecule has 130 valence electrons. The van der Waals surface area contributed by atoms with E-state index in [4.69, 9.17) is 9.47 Å². The summed E-state index contributed by atoms with van der Waals surface area (Å²) in [6, 6.07) is 3.82. The molecule has 0 spiro atoms.